The second-order valence-electron chi connectivity index (χ2n) is 6.59. The monoisotopic (exact) mass is 289 g/mol. The highest BCUT2D eigenvalue weighted by atomic mass is 16.5. The van der Waals surface area contributed by atoms with Gasteiger partial charge in [-0.25, -0.2) is 0 Å². The minimum Gasteiger partial charge on any atom is -0.468 e. The SMILES string of the molecule is COC(=O)C(CC(C)C)NC1CC(c2ccccc2C)C1. The van der Waals surface area contributed by atoms with Crippen molar-refractivity contribution in [2.45, 2.75) is 58.0 Å². The smallest absolute Gasteiger partial charge is 0.322 e. The van der Waals surface area contributed by atoms with E-state index in [1.165, 1.54) is 18.2 Å². The number of hydrogen-bond acceptors (Lipinski definition) is 3. The molecular formula is C18H27NO2. The Kier molecular flexibility index (Phi) is 5.40. The van der Waals surface area contributed by atoms with E-state index in [0.29, 0.717) is 17.9 Å². The Morgan fingerprint density at radius 3 is 2.57 bits per heavy atom. The van der Waals surface area contributed by atoms with Gasteiger partial charge in [0.2, 0.25) is 0 Å². The molecule has 0 bridgehead atoms. The lowest BCUT2D eigenvalue weighted by Crippen LogP contribution is -2.49. The zero-order chi connectivity index (χ0) is 15.4. The van der Waals surface area contributed by atoms with Crippen LogP contribution < -0.4 is 5.32 Å². The van der Waals surface area contributed by atoms with Crippen LogP contribution in [-0.4, -0.2) is 25.2 Å². The molecule has 1 aliphatic rings. The van der Waals surface area contributed by atoms with E-state index in [1.807, 2.05) is 0 Å². The Morgan fingerprint density at radius 1 is 1.33 bits per heavy atom. The number of hydrogen-bond donors (Lipinski definition) is 1. The van der Waals surface area contributed by atoms with E-state index in [2.05, 4.69) is 50.4 Å². The number of carbonyl (C=O) groups excluding carboxylic acids is 1. The number of aryl methyl sites for hydroxylation is 1. The molecule has 1 N–H and O–H groups in total. The molecule has 3 nitrogen and oxygen atoms in total. The summed E-state index contributed by atoms with van der Waals surface area (Å²) >= 11 is 0. The summed E-state index contributed by atoms with van der Waals surface area (Å²) in [5.74, 6) is 0.970. The van der Waals surface area contributed by atoms with Gasteiger partial charge in [0.15, 0.2) is 0 Å². The third-order valence-corrected chi connectivity index (χ3v) is 4.40. The van der Waals surface area contributed by atoms with Crippen molar-refractivity contribution in [3.63, 3.8) is 0 Å². The van der Waals surface area contributed by atoms with E-state index in [0.717, 1.165) is 19.3 Å². The molecule has 1 aliphatic carbocycles. The van der Waals surface area contributed by atoms with Gasteiger partial charge in [-0.05, 0) is 49.1 Å². The van der Waals surface area contributed by atoms with Gasteiger partial charge < -0.3 is 10.1 Å². The van der Waals surface area contributed by atoms with E-state index in [1.54, 1.807) is 0 Å². The number of esters is 1. The third-order valence-electron chi connectivity index (χ3n) is 4.40. The fraction of sp³-hybridized carbons (Fsp3) is 0.611. The fourth-order valence-electron chi connectivity index (χ4n) is 3.18. The van der Waals surface area contributed by atoms with Crippen LogP contribution in [0.25, 0.3) is 0 Å². The zero-order valence-electron chi connectivity index (χ0n) is 13.6. The van der Waals surface area contributed by atoms with Crippen molar-refractivity contribution in [2.75, 3.05) is 7.11 Å². The second kappa shape index (κ2) is 7.08. The Labute approximate surface area is 128 Å². The van der Waals surface area contributed by atoms with Crippen LogP contribution in [0.3, 0.4) is 0 Å². The van der Waals surface area contributed by atoms with Crippen LogP contribution in [0, 0.1) is 12.8 Å². The van der Waals surface area contributed by atoms with Gasteiger partial charge in [0.25, 0.3) is 0 Å². The van der Waals surface area contributed by atoms with Crippen LogP contribution in [0.1, 0.15) is 50.2 Å². The molecule has 2 rings (SSSR count). The first kappa shape index (κ1) is 16.0. The number of carbonyl (C=O) groups is 1. The lowest BCUT2D eigenvalue weighted by atomic mass is 9.74. The van der Waals surface area contributed by atoms with Gasteiger partial charge >= 0.3 is 5.97 Å². The summed E-state index contributed by atoms with van der Waals surface area (Å²) < 4.78 is 4.91. The normalized spacial score (nSPS) is 22.7. The number of rotatable bonds is 6. The first-order valence-electron chi connectivity index (χ1n) is 7.90. The molecule has 116 valence electrons. The van der Waals surface area contributed by atoms with Gasteiger partial charge in [0, 0.05) is 6.04 Å². The molecular weight excluding hydrogens is 262 g/mol. The van der Waals surface area contributed by atoms with Gasteiger partial charge in [-0.15, -0.1) is 0 Å². The minimum atomic E-state index is -0.169. The van der Waals surface area contributed by atoms with Crippen LogP contribution in [0.15, 0.2) is 24.3 Å². The lowest BCUT2D eigenvalue weighted by molar-refractivity contribution is -0.144. The lowest BCUT2D eigenvalue weighted by Gasteiger charge is -2.39. The fourth-order valence-corrected chi connectivity index (χ4v) is 3.18. The minimum absolute atomic E-state index is 0.136. The highest BCUT2D eigenvalue weighted by molar-refractivity contribution is 5.75. The van der Waals surface area contributed by atoms with Crippen LogP contribution in [-0.2, 0) is 9.53 Å². The van der Waals surface area contributed by atoms with Gasteiger partial charge in [0.05, 0.1) is 7.11 Å². The Bertz CT molecular complexity index is 478. The molecule has 0 saturated heterocycles. The molecule has 1 aromatic carbocycles. The number of benzene rings is 1. The first-order valence-corrected chi connectivity index (χ1v) is 7.90. The van der Waals surface area contributed by atoms with E-state index in [4.69, 9.17) is 4.74 Å². The summed E-state index contributed by atoms with van der Waals surface area (Å²) in [4.78, 5) is 11.8. The average molecular weight is 289 g/mol. The predicted molar refractivity (Wildman–Crippen MR) is 85.3 cm³/mol. The van der Waals surface area contributed by atoms with Gasteiger partial charge in [-0.2, -0.15) is 0 Å². The summed E-state index contributed by atoms with van der Waals surface area (Å²) in [6.07, 6.45) is 3.05. The first-order chi connectivity index (χ1) is 10.0. The van der Waals surface area contributed by atoms with Crippen LogP contribution in [0.4, 0.5) is 0 Å². The second-order valence-corrected chi connectivity index (χ2v) is 6.59. The highest BCUT2D eigenvalue weighted by Crippen LogP contribution is 2.38. The van der Waals surface area contributed by atoms with Crippen molar-refractivity contribution in [1.29, 1.82) is 0 Å². The molecule has 1 fully saturated rings. The molecule has 3 heteroatoms. The maximum absolute atomic E-state index is 11.8. The predicted octanol–water partition coefficient (Wildman–Crippen LogP) is 3.42. The standard InChI is InChI=1S/C18H27NO2/c1-12(2)9-17(18(20)21-4)19-15-10-14(11-15)16-8-6-5-7-13(16)3/h5-8,12,14-15,17,19H,9-11H2,1-4H3. The molecule has 0 aromatic heterocycles. The molecule has 0 heterocycles. The van der Waals surface area contributed by atoms with E-state index in [-0.39, 0.29) is 12.0 Å². The van der Waals surface area contributed by atoms with Crippen LogP contribution in [0.5, 0.6) is 0 Å². The average Bonchev–Trinajstić information content (AvgIpc) is 2.41. The summed E-state index contributed by atoms with van der Waals surface area (Å²) in [7, 11) is 1.47. The summed E-state index contributed by atoms with van der Waals surface area (Å²) in [5, 5.41) is 3.48. The van der Waals surface area contributed by atoms with Crippen molar-refractivity contribution in [1.82, 2.24) is 5.32 Å². The Morgan fingerprint density at radius 2 is 2.00 bits per heavy atom. The maximum Gasteiger partial charge on any atom is 0.322 e. The van der Waals surface area contributed by atoms with Crippen LogP contribution in [0.2, 0.25) is 0 Å². The number of ether oxygens (including phenoxy) is 1. The zero-order valence-corrected chi connectivity index (χ0v) is 13.6. The molecule has 1 aromatic rings. The molecule has 1 unspecified atom stereocenters. The van der Waals surface area contributed by atoms with Crippen LogP contribution >= 0.6 is 0 Å². The summed E-state index contributed by atoms with van der Waals surface area (Å²) in [6, 6.07) is 8.85. The molecule has 0 aliphatic heterocycles. The van der Waals surface area contributed by atoms with Crippen molar-refractivity contribution >= 4 is 5.97 Å². The topological polar surface area (TPSA) is 38.3 Å². The molecule has 0 radical (unpaired) electrons. The van der Waals surface area contributed by atoms with Gasteiger partial charge in [-0.1, -0.05) is 38.1 Å². The molecule has 21 heavy (non-hydrogen) atoms. The van der Waals surface area contributed by atoms with E-state index >= 15 is 0 Å². The Balaban J connectivity index is 1.88. The van der Waals surface area contributed by atoms with E-state index in [9.17, 15) is 4.79 Å². The van der Waals surface area contributed by atoms with Crippen molar-refractivity contribution < 1.29 is 9.53 Å². The van der Waals surface area contributed by atoms with Crippen molar-refractivity contribution in [3.05, 3.63) is 35.4 Å². The molecule has 1 saturated carbocycles. The van der Waals surface area contributed by atoms with Crippen molar-refractivity contribution in [3.8, 4) is 0 Å². The van der Waals surface area contributed by atoms with Crippen molar-refractivity contribution in [2.24, 2.45) is 5.92 Å². The summed E-state index contributed by atoms with van der Waals surface area (Å²) in [6.45, 7) is 6.44. The molecule has 0 amide bonds. The number of nitrogens with one attached hydrogen (secondary N) is 1. The van der Waals surface area contributed by atoms with E-state index < -0.39 is 0 Å². The largest absolute Gasteiger partial charge is 0.468 e. The third kappa shape index (κ3) is 4.07. The molecule has 1 atom stereocenters. The highest BCUT2D eigenvalue weighted by Gasteiger charge is 2.34. The van der Waals surface area contributed by atoms with Gasteiger partial charge in [-0.3, -0.25) is 4.79 Å². The number of methoxy groups -OCH3 is 1. The maximum atomic E-state index is 11.8. The summed E-state index contributed by atoms with van der Waals surface area (Å²) in [5.41, 5.74) is 2.82. The van der Waals surface area contributed by atoms with Gasteiger partial charge in [0.1, 0.15) is 6.04 Å². The Hall–Kier alpha value is -1.35. The molecule has 0 spiro atoms. The quantitative estimate of drug-likeness (QED) is 0.816.